The van der Waals surface area contributed by atoms with Gasteiger partial charge in [0.05, 0.1) is 12.0 Å². The minimum Gasteiger partial charge on any atom is -0.497 e. The summed E-state index contributed by atoms with van der Waals surface area (Å²) in [6.07, 6.45) is 1.58. The first-order valence-electron chi connectivity index (χ1n) is 7.82. The van der Waals surface area contributed by atoms with Gasteiger partial charge < -0.3 is 9.64 Å². The maximum absolute atomic E-state index is 12.2. The molecule has 0 radical (unpaired) electrons. The summed E-state index contributed by atoms with van der Waals surface area (Å²) in [4.78, 5) is 2.30. The number of benzene rings is 2. The van der Waals surface area contributed by atoms with Crippen molar-refractivity contribution in [2.24, 2.45) is 0 Å². The van der Waals surface area contributed by atoms with Crippen molar-refractivity contribution in [2.45, 2.75) is 17.7 Å². The SMILES string of the molecule is COc1ccc(S(=O)(=O)NCCCc2ccc(N(C)C)cc2)cc1. The molecule has 24 heavy (non-hydrogen) atoms. The zero-order valence-corrected chi connectivity index (χ0v) is 15.1. The first-order chi connectivity index (χ1) is 11.4. The molecule has 0 amide bonds. The van der Waals surface area contributed by atoms with E-state index in [2.05, 4.69) is 29.0 Å². The lowest BCUT2D eigenvalue weighted by molar-refractivity contribution is 0.414. The van der Waals surface area contributed by atoms with Crippen molar-refractivity contribution in [1.82, 2.24) is 4.72 Å². The molecule has 2 rings (SSSR count). The molecule has 0 heterocycles. The van der Waals surface area contributed by atoms with E-state index in [0.717, 1.165) is 18.5 Å². The van der Waals surface area contributed by atoms with Crippen LogP contribution in [0.5, 0.6) is 5.75 Å². The number of ether oxygens (including phenoxy) is 1. The largest absolute Gasteiger partial charge is 0.497 e. The minimum atomic E-state index is -3.47. The lowest BCUT2D eigenvalue weighted by Crippen LogP contribution is -2.25. The molecule has 5 nitrogen and oxygen atoms in total. The summed E-state index contributed by atoms with van der Waals surface area (Å²) < 4.78 is 32.1. The first kappa shape index (κ1) is 18.3. The van der Waals surface area contributed by atoms with E-state index >= 15 is 0 Å². The molecule has 2 aromatic rings. The fourth-order valence-electron chi connectivity index (χ4n) is 2.30. The quantitative estimate of drug-likeness (QED) is 0.745. The standard InChI is InChI=1S/C18H24N2O3S/c1-20(2)16-8-6-15(7-9-16)5-4-14-19-24(21,22)18-12-10-17(23-3)11-13-18/h6-13,19H,4-5,14H2,1-3H3. The average Bonchev–Trinajstić information content (AvgIpc) is 2.59. The molecule has 0 unspecified atom stereocenters. The molecular formula is C18H24N2O3S. The van der Waals surface area contributed by atoms with Gasteiger partial charge in [0.2, 0.25) is 10.0 Å². The molecule has 0 aliphatic rings. The van der Waals surface area contributed by atoms with Crippen LogP contribution in [-0.2, 0) is 16.4 Å². The van der Waals surface area contributed by atoms with Crippen LogP contribution < -0.4 is 14.4 Å². The number of aryl methyl sites for hydroxylation is 1. The van der Waals surface area contributed by atoms with Crippen molar-refractivity contribution in [3.8, 4) is 5.75 Å². The molecule has 1 N–H and O–H groups in total. The normalized spacial score (nSPS) is 11.3. The number of hydrogen-bond acceptors (Lipinski definition) is 4. The maximum atomic E-state index is 12.2. The summed E-state index contributed by atoms with van der Waals surface area (Å²) in [5, 5.41) is 0. The third-order valence-electron chi connectivity index (χ3n) is 3.76. The highest BCUT2D eigenvalue weighted by Crippen LogP contribution is 2.16. The van der Waals surface area contributed by atoms with Crippen molar-refractivity contribution < 1.29 is 13.2 Å². The smallest absolute Gasteiger partial charge is 0.240 e. The van der Waals surface area contributed by atoms with Gasteiger partial charge in [0.25, 0.3) is 0 Å². The van der Waals surface area contributed by atoms with E-state index < -0.39 is 10.0 Å². The predicted octanol–water partition coefficient (Wildman–Crippen LogP) is 2.67. The Labute approximate surface area is 144 Å². The Hall–Kier alpha value is -2.05. The van der Waals surface area contributed by atoms with Gasteiger partial charge in [-0.15, -0.1) is 0 Å². The Balaban J connectivity index is 1.84. The minimum absolute atomic E-state index is 0.249. The summed E-state index contributed by atoms with van der Waals surface area (Å²) in [6.45, 7) is 0.407. The molecule has 0 saturated carbocycles. The van der Waals surface area contributed by atoms with Crippen molar-refractivity contribution in [2.75, 3.05) is 32.6 Å². The topological polar surface area (TPSA) is 58.6 Å². The summed E-state index contributed by atoms with van der Waals surface area (Å²) in [7, 11) is 2.08. The second-order valence-corrected chi connectivity index (χ2v) is 7.50. The van der Waals surface area contributed by atoms with E-state index in [-0.39, 0.29) is 4.90 Å². The van der Waals surface area contributed by atoms with E-state index in [1.807, 2.05) is 19.0 Å². The summed E-state index contributed by atoms with van der Waals surface area (Å²) in [5.41, 5.74) is 2.35. The van der Waals surface area contributed by atoms with E-state index in [9.17, 15) is 8.42 Å². The number of anilines is 1. The molecule has 0 atom stereocenters. The van der Waals surface area contributed by atoms with Gasteiger partial charge in [-0.2, -0.15) is 0 Å². The molecule has 0 bridgehead atoms. The highest BCUT2D eigenvalue weighted by molar-refractivity contribution is 7.89. The average molecular weight is 348 g/mol. The Morgan fingerprint density at radius 3 is 2.17 bits per heavy atom. The Morgan fingerprint density at radius 2 is 1.62 bits per heavy atom. The Morgan fingerprint density at radius 1 is 1.00 bits per heavy atom. The maximum Gasteiger partial charge on any atom is 0.240 e. The van der Waals surface area contributed by atoms with Gasteiger partial charge in [-0.1, -0.05) is 12.1 Å². The predicted molar refractivity (Wildman–Crippen MR) is 97.3 cm³/mol. The van der Waals surface area contributed by atoms with E-state index in [4.69, 9.17) is 4.74 Å². The second-order valence-electron chi connectivity index (χ2n) is 5.74. The number of nitrogens with zero attached hydrogens (tertiary/aromatic N) is 1. The fraction of sp³-hybridized carbons (Fsp3) is 0.333. The second kappa shape index (κ2) is 8.17. The summed E-state index contributed by atoms with van der Waals surface area (Å²) >= 11 is 0. The van der Waals surface area contributed by atoms with Crippen molar-refractivity contribution >= 4 is 15.7 Å². The first-order valence-corrected chi connectivity index (χ1v) is 9.30. The molecule has 6 heteroatoms. The van der Waals surface area contributed by atoms with Gasteiger partial charge >= 0.3 is 0 Å². The number of hydrogen-bond donors (Lipinski definition) is 1. The van der Waals surface area contributed by atoms with Crippen LogP contribution in [0.3, 0.4) is 0 Å². The lowest BCUT2D eigenvalue weighted by Gasteiger charge is -2.12. The van der Waals surface area contributed by atoms with Crippen LogP contribution in [0.1, 0.15) is 12.0 Å². The molecule has 0 fully saturated rings. The molecule has 0 saturated heterocycles. The number of nitrogens with one attached hydrogen (secondary N) is 1. The van der Waals surface area contributed by atoms with Crippen LogP contribution in [0.25, 0.3) is 0 Å². The van der Waals surface area contributed by atoms with Crippen LogP contribution in [0.4, 0.5) is 5.69 Å². The Bertz CT molecular complexity index is 739. The van der Waals surface area contributed by atoms with Crippen molar-refractivity contribution in [3.05, 3.63) is 54.1 Å². The highest BCUT2D eigenvalue weighted by atomic mass is 32.2. The Kier molecular flexibility index (Phi) is 6.23. The third kappa shape index (κ3) is 4.97. The van der Waals surface area contributed by atoms with Gasteiger partial charge in [-0.25, -0.2) is 13.1 Å². The fourth-order valence-corrected chi connectivity index (χ4v) is 3.37. The van der Waals surface area contributed by atoms with E-state index in [0.29, 0.717) is 12.3 Å². The molecule has 0 spiro atoms. The van der Waals surface area contributed by atoms with Gasteiger partial charge in [-0.05, 0) is 54.8 Å². The van der Waals surface area contributed by atoms with Crippen LogP contribution in [0, 0.1) is 0 Å². The molecule has 0 aliphatic heterocycles. The highest BCUT2D eigenvalue weighted by Gasteiger charge is 2.13. The lowest BCUT2D eigenvalue weighted by atomic mass is 10.1. The van der Waals surface area contributed by atoms with E-state index in [1.54, 1.807) is 31.4 Å². The monoisotopic (exact) mass is 348 g/mol. The van der Waals surface area contributed by atoms with Crippen LogP contribution >= 0.6 is 0 Å². The summed E-state index contributed by atoms with van der Waals surface area (Å²) in [6, 6.07) is 14.7. The van der Waals surface area contributed by atoms with Crippen LogP contribution in [0.2, 0.25) is 0 Å². The van der Waals surface area contributed by atoms with Gasteiger partial charge in [0, 0.05) is 26.3 Å². The van der Waals surface area contributed by atoms with Gasteiger partial charge in [-0.3, -0.25) is 0 Å². The van der Waals surface area contributed by atoms with Crippen molar-refractivity contribution in [1.29, 1.82) is 0 Å². The van der Waals surface area contributed by atoms with Crippen molar-refractivity contribution in [3.63, 3.8) is 0 Å². The molecular weight excluding hydrogens is 324 g/mol. The molecule has 0 aromatic heterocycles. The molecule has 2 aromatic carbocycles. The van der Waals surface area contributed by atoms with Gasteiger partial charge in [0.1, 0.15) is 5.75 Å². The zero-order valence-electron chi connectivity index (χ0n) is 14.3. The molecule has 130 valence electrons. The van der Waals surface area contributed by atoms with Gasteiger partial charge in [0.15, 0.2) is 0 Å². The van der Waals surface area contributed by atoms with Crippen LogP contribution in [-0.4, -0.2) is 36.2 Å². The number of sulfonamides is 1. The molecule has 0 aliphatic carbocycles. The third-order valence-corrected chi connectivity index (χ3v) is 5.23. The zero-order chi connectivity index (χ0) is 17.6. The summed E-state index contributed by atoms with van der Waals surface area (Å²) in [5.74, 6) is 0.634. The number of rotatable bonds is 8. The van der Waals surface area contributed by atoms with Crippen LogP contribution in [0.15, 0.2) is 53.4 Å². The number of methoxy groups -OCH3 is 1. The van der Waals surface area contributed by atoms with E-state index in [1.165, 1.54) is 5.56 Å².